The first-order valence-corrected chi connectivity index (χ1v) is 11.9. The van der Waals surface area contributed by atoms with Gasteiger partial charge in [0.1, 0.15) is 0 Å². The molecule has 1 heterocycles. The van der Waals surface area contributed by atoms with Crippen molar-refractivity contribution in [3.05, 3.63) is 35.4 Å². The highest BCUT2D eigenvalue weighted by Gasteiger charge is 2.15. The Kier molecular flexibility index (Phi) is 13.2. The largest absolute Gasteiger partial charge is 0.379 e. The van der Waals surface area contributed by atoms with E-state index in [9.17, 15) is 0 Å². The van der Waals surface area contributed by atoms with Gasteiger partial charge in [-0.3, -0.25) is 9.89 Å². The van der Waals surface area contributed by atoms with E-state index in [2.05, 4.69) is 63.5 Å². The van der Waals surface area contributed by atoms with Crippen molar-refractivity contribution in [2.45, 2.75) is 39.8 Å². The van der Waals surface area contributed by atoms with E-state index < -0.39 is 0 Å². The molecule has 0 spiro atoms. The van der Waals surface area contributed by atoms with Gasteiger partial charge in [0, 0.05) is 59.5 Å². The molecular weight excluding hydrogens is 390 g/mol. The van der Waals surface area contributed by atoms with Gasteiger partial charge in [-0.15, -0.1) is 0 Å². The van der Waals surface area contributed by atoms with E-state index in [0.29, 0.717) is 19.8 Å². The molecule has 1 aromatic carbocycles. The Balaban J connectivity index is 1.57. The molecule has 1 aliphatic rings. The van der Waals surface area contributed by atoms with E-state index in [4.69, 9.17) is 9.47 Å². The number of unbranched alkanes of at least 4 members (excludes halogenated alkanes) is 1. The Morgan fingerprint density at radius 3 is 2.16 bits per heavy atom. The maximum absolute atomic E-state index is 5.58. The third-order valence-electron chi connectivity index (χ3n) is 5.58. The maximum atomic E-state index is 5.58. The molecule has 1 fully saturated rings. The highest BCUT2D eigenvalue weighted by atomic mass is 16.5. The zero-order valence-corrected chi connectivity index (χ0v) is 19.9. The highest BCUT2D eigenvalue weighted by Crippen LogP contribution is 2.10. The van der Waals surface area contributed by atoms with Crippen molar-refractivity contribution < 1.29 is 9.47 Å². The van der Waals surface area contributed by atoms with E-state index in [0.717, 1.165) is 64.7 Å². The number of hydrogen-bond donors (Lipinski definition) is 2. The van der Waals surface area contributed by atoms with Crippen molar-refractivity contribution in [3.8, 4) is 0 Å². The van der Waals surface area contributed by atoms with Gasteiger partial charge in [-0.2, -0.15) is 0 Å². The van der Waals surface area contributed by atoms with Crippen LogP contribution in [-0.4, -0.2) is 88.5 Å². The lowest BCUT2D eigenvalue weighted by Gasteiger charge is -2.34. The molecular formula is C24H43N5O2. The molecule has 1 saturated heterocycles. The zero-order valence-electron chi connectivity index (χ0n) is 19.9. The summed E-state index contributed by atoms with van der Waals surface area (Å²) in [6.07, 6.45) is 2.28. The molecule has 0 radical (unpaired) electrons. The summed E-state index contributed by atoms with van der Waals surface area (Å²) in [5.41, 5.74) is 2.63. The number of rotatable bonds is 14. The van der Waals surface area contributed by atoms with Crippen LogP contribution in [0.15, 0.2) is 29.3 Å². The predicted octanol–water partition coefficient (Wildman–Crippen LogP) is 2.32. The van der Waals surface area contributed by atoms with Gasteiger partial charge >= 0.3 is 0 Å². The third-order valence-corrected chi connectivity index (χ3v) is 5.58. The van der Waals surface area contributed by atoms with Crippen LogP contribution < -0.4 is 10.6 Å². The van der Waals surface area contributed by atoms with Gasteiger partial charge in [-0.05, 0) is 24.1 Å². The van der Waals surface area contributed by atoms with Gasteiger partial charge in [0.25, 0.3) is 0 Å². The molecule has 0 amide bonds. The fourth-order valence-electron chi connectivity index (χ4n) is 3.50. The molecule has 1 aromatic rings. The van der Waals surface area contributed by atoms with Crippen molar-refractivity contribution >= 4 is 5.96 Å². The molecule has 7 heteroatoms. The molecule has 7 nitrogen and oxygen atoms in total. The van der Waals surface area contributed by atoms with Crippen molar-refractivity contribution in [3.63, 3.8) is 0 Å². The van der Waals surface area contributed by atoms with Gasteiger partial charge in [-0.1, -0.05) is 44.5 Å². The summed E-state index contributed by atoms with van der Waals surface area (Å²) < 4.78 is 11.1. The lowest BCUT2D eigenvalue weighted by atomic mass is 10.1. The summed E-state index contributed by atoms with van der Waals surface area (Å²) in [7, 11) is 1.79. The van der Waals surface area contributed by atoms with E-state index in [1.54, 1.807) is 7.05 Å². The molecule has 1 aliphatic heterocycles. The number of aliphatic imine (C=N–C) groups is 1. The normalized spacial score (nSPS) is 15.9. The van der Waals surface area contributed by atoms with Gasteiger partial charge in [0.15, 0.2) is 5.96 Å². The Hall–Kier alpha value is -1.67. The monoisotopic (exact) mass is 433 g/mol. The van der Waals surface area contributed by atoms with Crippen LogP contribution in [0.2, 0.25) is 0 Å². The summed E-state index contributed by atoms with van der Waals surface area (Å²) in [4.78, 5) is 9.34. The molecule has 0 aromatic heterocycles. The van der Waals surface area contributed by atoms with Crippen molar-refractivity contribution in [2.75, 3.05) is 72.7 Å². The summed E-state index contributed by atoms with van der Waals surface area (Å²) in [6.45, 7) is 15.5. The Morgan fingerprint density at radius 1 is 0.871 bits per heavy atom. The number of guanidine groups is 1. The summed E-state index contributed by atoms with van der Waals surface area (Å²) in [6, 6.07) is 8.91. The molecule has 0 saturated carbocycles. The predicted molar refractivity (Wildman–Crippen MR) is 129 cm³/mol. The lowest BCUT2D eigenvalue weighted by molar-refractivity contribution is 0.0487. The molecule has 0 aliphatic carbocycles. The molecule has 2 rings (SSSR count). The third kappa shape index (κ3) is 11.0. The van der Waals surface area contributed by atoms with Crippen LogP contribution >= 0.6 is 0 Å². The SMILES string of the molecule is CCCCOCCOCCNC(=NC)NCc1ccc(CN2CCN(CC)CC2)cc1. The van der Waals surface area contributed by atoms with Crippen LogP contribution in [-0.2, 0) is 22.6 Å². The first-order valence-electron chi connectivity index (χ1n) is 11.9. The molecule has 176 valence electrons. The Bertz CT molecular complexity index is 600. The number of ether oxygens (including phenoxy) is 2. The minimum atomic E-state index is 0.637. The summed E-state index contributed by atoms with van der Waals surface area (Å²) >= 11 is 0. The van der Waals surface area contributed by atoms with Crippen LogP contribution in [0.25, 0.3) is 0 Å². The van der Waals surface area contributed by atoms with Crippen molar-refractivity contribution in [1.29, 1.82) is 0 Å². The summed E-state index contributed by atoms with van der Waals surface area (Å²) in [5, 5.41) is 6.65. The van der Waals surface area contributed by atoms with E-state index >= 15 is 0 Å². The number of nitrogens with one attached hydrogen (secondary N) is 2. The van der Waals surface area contributed by atoms with Crippen LogP contribution in [0.5, 0.6) is 0 Å². The second-order valence-electron chi connectivity index (χ2n) is 7.96. The van der Waals surface area contributed by atoms with Gasteiger partial charge in [0.05, 0.1) is 19.8 Å². The topological polar surface area (TPSA) is 61.4 Å². The summed E-state index contributed by atoms with van der Waals surface area (Å²) in [5.74, 6) is 0.792. The van der Waals surface area contributed by atoms with Crippen LogP contribution in [0.4, 0.5) is 0 Å². The van der Waals surface area contributed by atoms with E-state index in [-0.39, 0.29) is 0 Å². The first-order chi connectivity index (χ1) is 15.2. The number of hydrogen-bond acceptors (Lipinski definition) is 5. The number of piperazine rings is 1. The molecule has 0 atom stereocenters. The van der Waals surface area contributed by atoms with Crippen LogP contribution in [0, 0.1) is 0 Å². The Morgan fingerprint density at radius 2 is 1.52 bits per heavy atom. The van der Waals surface area contributed by atoms with E-state index in [1.165, 1.54) is 24.2 Å². The number of likely N-dealkylation sites (N-methyl/N-ethyl adjacent to an activating group) is 1. The van der Waals surface area contributed by atoms with Gasteiger partial charge < -0.3 is 25.0 Å². The fraction of sp³-hybridized carbons (Fsp3) is 0.708. The standard InChI is InChI=1S/C24H43N5O2/c1-4-6-16-30-18-19-31-17-11-26-24(25-3)27-20-22-7-9-23(10-8-22)21-29-14-12-28(5-2)13-15-29/h7-10H,4-6,11-21H2,1-3H3,(H2,25,26,27). The molecule has 31 heavy (non-hydrogen) atoms. The molecule has 0 bridgehead atoms. The maximum Gasteiger partial charge on any atom is 0.191 e. The molecule has 2 N–H and O–H groups in total. The van der Waals surface area contributed by atoms with Crippen LogP contribution in [0.3, 0.4) is 0 Å². The van der Waals surface area contributed by atoms with Gasteiger partial charge in [0.2, 0.25) is 0 Å². The molecule has 0 unspecified atom stereocenters. The second kappa shape index (κ2) is 16.0. The average Bonchev–Trinajstić information content (AvgIpc) is 2.81. The fourth-order valence-corrected chi connectivity index (χ4v) is 3.50. The minimum absolute atomic E-state index is 0.637. The highest BCUT2D eigenvalue weighted by molar-refractivity contribution is 5.79. The quantitative estimate of drug-likeness (QED) is 0.267. The van der Waals surface area contributed by atoms with Crippen molar-refractivity contribution in [1.82, 2.24) is 20.4 Å². The lowest BCUT2D eigenvalue weighted by Crippen LogP contribution is -2.45. The second-order valence-corrected chi connectivity index (χ2v) is 7.96. The minimum Gasteiger partial charge on any atom is -0.379 e. The van der Waals surface area contributed by atoms with Crippen LogP contribution in [0.1, 0.15) is 37.8 Å². The van der Waals surface area contributed by atoms with E-state index in [1.807, 2.05) is 0 Å². The first kappa shape index (κ1) is 25.6. The average molecular weight is 434 g/mol. The van der Waals surface area contributed by atoms with Crippen molar-refractivity contribution in [2.24, 2.45) is 4.99 Å². The number of nitrogens with zero attached hydrogens (tertiary/aromatic N) is 3. The number of benzene rings is 1. The van der Waals surface area contributed by atoms with Gasteiger partial charge in [-0.25, -0.2) is 0 Å². The zero-order chi connectivity index (χ0) is 22.2. The smallest absolute Gasteiger partial charge is 0.191 e. The Labute approximate surface area is 189 Å².